The average molecular weight is 521 g/mol. The van der Waals surface area contributed by atoms with Gasteiger partial charge in [0.15, 0.2) is 5.96 Å². The van der Waals surface area contributed by atoms with E-state index in [9.17, 15) is 0 Å². The normalized spacial score (nSPS) is 15.9. The number of aromatic nitrogens is 1. The van der Waals surface area contributed by atoms with E-state index in [-0.39, 0.29) is 24.0 Å². The molecule has 0 radical (unpaired) electrons. The number of aliphatic imine (C=N–C) groups is 1. The number of halogens is 1. The van der Waals surface area contributed by atoms with Gasteiger partial charge in [0, 0.05) is 33.4 Å². The van der Waals surface area contributed by atoms with Crippen LogP contribution in [0.15, 0.2) is 9.41 Å². The molecule has 0 unspecified atom stereocenters. The van der Waals surface area contributed by atoms with Crippen LogP contribution in [-0.2, 0) is 11.3 Å². The van der Waals surface area contributed by atoms with Crippen molar-refractivity contribution in [2.24, 2.45) is 10.9 Å². The van der Waals surface area contributed by atoms with Gasteiger partial charge < -0.3 is 19.8 Å². The van der Waals surface area contributed by atoms with Gasteiger partial charge in [0.2, 0.25) is 5.89 Å². The van der Waals surface area contributed by atoms with Gasteiger partial charge in [-0.05, 0) is 58.5 Å². The van der Waals surface area contributed by atoms with Gasteiger partial charge in [0.05, 0.1) is 12.2 Å². The topological polar surface area (TPSA) is 74.9 Å². The molecule has 7 nitrogen and oxygen atoms in total. The second-order valence-corrected chi connectivity index (χ2v) is 7.67. The van der Waals surface area contributed by atoms with Crippen LogP contribution < -0.4 is 10.6 Å². The first kappa shape index (κ1) is 26.2. The molecule has 0 bridgehead atoms. The maximum atomic E-state index is 5.71. The maximum Gasteiger partial charge on any atom is 0.208 e. The molecular weight excluding hydrogens is 481 g/mol. The Hall–Kier alpha value is -0.870. The molecule has 8 heteroatoms. The van der Waals surface area contributed by atoms with E-state index >= 15 is 0 Å². The van der Waals surface area contributed by atoms with Crippen molar-refractivity contribution in [3.63, 3.8) is 0 Å². The summed E-state index contributed by atoms with van der Waals surface area (Å²) < 4.78 is 11.3. The molecular formula is C21H40IN5O2. The minimum absolute atomic E-state index is 0. The van der Waals surface area contributed by atoms with Gasteiger partial charge in [-0.3, -0.25) is 9.89 Å². The lowest BCUT2D eigenvalue weighted by atomic mass is 9.97. The number of oxazole rings is 1. The molecule has 0 saturated carbocycles. The highest BCUT2D eigenvalue weighted by molar-refractivity contribution is 14.0. The number of hydrogen-bond donors (Lipinski definition) is 2. The van der Waals surface area contributed by atoms with Crippen LogP contribution in [0.2, 0.25) is 0 Å². The minimum atomic E-state index is 0. The SMILES string of the molecule is CCCCOCCCNC(=NC)NCC1CCN(Cc2nc(C)c(C)o2)CC1.I. The predicted molar refractivity (Wildman–Crippen MR) is 129 cm³/mol. The fourth-order valence-electron chi connectivity index (χ4n) is 3.34. The third-order valence-corrected chi connectivity index (χ3v) is 5.32. The molecule has 0 aliphatic carbocycles. The van der Waals surface area contributed by atoms with Crippen LogP contribution in [0, 0.1) is 19.8 Å². The first-order chi connectivity index (χ1) is 13.6. The molecule has 1 fully saturated rings. The van der Waals surface area contributed by atoms with Crippen LogP contribution in [0.5, 0.6) is 0 Å². The van der Waals surface area contributed by atoms with Crippen molar-refractivity contribution in [2.75, 3.05) is 46.4 Å². The van der Waals surface area contributed by atoms with Crippen LogP contribution in [-0.4, -0.2) is 62.3 Å². The summed E-state index contributed by atoms with van der Waals surface area (Å²) >= 11 is 0. The van der Waals surface area contributed by atoms with Gasteiger partial charge in [-0.15, -0.1) is 24.0 Å². The number of nitrogens with zero attached hydrogens (tertiary/aromatic N) is 3. The van der Waals surface area contributed by atoms with E-state index in [1.165, 1.54) is 19.3 Å². The third kappa shape index (κ3) is 10.1. The number of likely N-dealkylation sites (tertiary alicyclic amines) is 1. The number of rotatable bonds is 11. The van der Waals surface area contributed by atoms with E-state index in [0.29, 0.717) is 5.92 Å². The number of piperidine rings is 1. The number of aryl methyl sites for hydroxylation is 2. The van der Waals surface area contributed by atoms with Crippen molar-refractivity contribution in [3.05, 3.63) is 17.3 Å². The fraction of sp³-hybridized carbons (Fsp3) is 0.810. The zero-order chi connectivity index (χ0) is 20.2. The van der Waals surface area contributed by atoms with Crippen LogP contribution in [0.25, 0.3) is 0 Å². The van der Waals surface area contributed by atoms with Crippen molar-refractivity contribution in [1.82, 2.24) is 20.5 Å². The number of guanidine groups is 1. The van der Waals surface area contributed by atoms with Crippen LogP contribution in [0.3, 0.4) is 0 Å². The summed E-state index contributed by atoms with van der Waals surface area (Å²) in [6, 6.07) is 0. The van der Waals surface area contributed by atoms with Gasteiger partial charge in [0.1, 0.15) is 5.76 Å². The molecule has 2 heterocycles. The van der Waals surface area contributed by atoms with Crippen molar-refractivity contribution in [1.29, 1.82) is 0 Å². The quantitative estimate of drug-likeness (QED) is 0.201. The lowest BCUT2D eigenvalue weighted by Crippen LogP contribution is -2.43. The second kappa shape index (κ2) is 15.0. The fourth-order valence-corrected chi connectivity index (χ4v) is 3.34. The third-order valence-electron chi connectivity index (χ3n) is 5.32. The standard InChI is InChI=1S/C21H39N5O2.HI/c1-5-6-13-27-14-7-10-23-21(22-4)24-15-19-8-11-26(12-9-19)16-20-25-17(2)18(3)28-20;/h19H,5-16H2,1-4H3,(H2,22,23,24);1H. The Morgan fingerprint density at radius 3 is 2.55 bits per heavy atom. The first-order valence-electron chi connectivity index (χ1n) is 10.8. The Bertz CT molecular complexity index is 566. The largest absolute Gasteiger partial charge is 0.444 e. The zero-order valence-electron chi connectivity index (χ0n) is 18.6. The van der Waals surface area contributed by atoms with Crippen LogP contribution >= 0.6 is 24.0 Å². The lowest BCUT2D eigenvalue weighted by molar-refractivity contribution is 0.129. The smallest absolute Gasteiger partial charge is 0.208 e. The molecule has 168 valence electrons. The van der Waals surface area contributed by atoms with E-state index in [1.54, 1.807) is 0 Å². The van der Waals surface area contributed by atoms with Crippen LogP contribution in [0.4, 0.5) is 0 Å². The molecule has 2 rings (SSSR count). The molecule has 0 atom stereocenters. The Balaban J connectivity index is 0.00000420. The summed E-state index contributed by atoms with van der Waals surface area (Å²) in [5.41, 5.74) is 1.00. The van der Waals surface area contributed by atoms with E-state index in [2.05, 4.69) is 32.4 Å². The molecule has 0 amide bonds. The Morgan fingerprint density at radius 2 is 1.93 bits per heavy atom. The van der Waals surface area contributed by atoms with Crippen LogP contribution in [0.1, 0.15) is 56.4 Å². The molecule has 0 aromatic carbocycles. The van der Waals surface area contributed by atoms with Crippen molar-refractivity contribution < 1.29 is 9.15 Å². The Kier molecular flexibility index (Phi) is 13.5. The highest BCUT2D eigenvalue weighted by Gasteiger charge is 2.21. The van der Waals surface area contributed by atoms with E-state index < -0.39 is 0 Å². The summed E-state index contributed by atoms with van der Waals surface area (Å²) in [4.78, 5) is 11.3. The van der Waals surface area contributed by atoms with E-state index in [1.807, 2.05) is 20.9 Å². The zero-order valence-corrected chi connectivity index (χ0v) is 21.0. The van der Waals surface area contributed by atoms with Crippen molar-refractivity contribution >= 4 is 29.9 Å². The van der Waals surface area contributed by atoms with E-state index in [4.69, 9.17) is 9.15 Å². The van der Waals surface area contributed by atoms with E-state index in [0.717, 1.165) is 82.1 Å². The number of hydrogen-bond acceptors (Lipinski definition) is 5. The molecule has 29 heavy (non-hydrogen) atoms. The molecule has 2 N–H and O–H groups in total. The highest BCUT2D eigenvalue weighted by Crippen LogP contribution is 2.19. The lowest BCUT2D eigenvalue weighted by Gasteiger charge is -2.31. The monoisotopic (exact) mass is 521 g/mol. The maximum absolute atomic E-state index is 5.71. The van der Waals surface area contributed by atoms with Gasteiger partial charge in [0.25, 0.3) is 0 Å². The Morgan fingerprint density at radius 1 is 1.21 bits per heavy atom. The summed E-state index contributed by atoms with van der Waals surface area (Å²) in [7, 11) is 1.83. The van der Waals surface area contributed by atoms with Gasteiger partial charge in [-0.2, -0.15) is 0 Å². The first-order valence-corrected chi connectivity index (χ1v) is 10.8. The molecule has 1 aromatic rings. The summed E-state index contributed by atoms with van der Waals surface area (Å²) in [5.74, 6) is 3.34. The average Bonchev–Trinajstić information content (AvgIpc) is 3.01. The summed E-state index contributed by atoms with van der Waals surface area (Å²) in [6.45, 7) is 12.7. The van der Waals surface area contributed by atoms with Gasteiger partial charge in [-0.1, -0.05) is 13.3 Å². The van der Waals surface area contributed by atoms with Crippen molar-refractivity contribution in [3.8, 4) is 0 Å². The Labute approximate surface area is 193 Å². The number of nitrogens with one attached hydrogen (secondary N) is 2. The van der Waals surface area contributed by atoms with Gasteiger partial charge >= 0.3 is 0 Å². The van der Waals surface area contributed by atoms with Crippen molar-refractivity contribution in [2.45, 2.75) is 59.4 Å². The second-order valence-electron chi connectivity index (χ2n) is 7.67. The summed E-state index contributed by atoms with van der Waals surface area (Å²) in [6.07, 6.45) is 5.71. The van der Waals surface area contributed by atoms with Gasteiger partial charge in [-0.25, -0.2) is 4.98 Å². The number of unbranched alkanes of at least 4 members (excludes halogenated alkanes) is 1. The molecule has 1 saturated heterocycles. The minimum Gasteiger partial charge on any atom is -0.444 e. The highest BCUT2D eigenvalue weighted by atomic mass is 127. The molecule has 1 aromatic heterocycles. The molecule has 1 aliphatic heterocycles. The summed E-state index contributed by atoms with van der Waals surface area (Å²) in [5, 5.41) is 6.85. The number of ether oxygens (including phenoxy) is 1. The predicted octanol–water partition coefficient (Wildman–Crippen LogP) is 3.49. The molecule has 1 aliphatic rings. The molecule has 0 spiro atoms.